The largest absolute Gasteiger partial charge is 0.381 e. The molecule has 0 spiro atoms. The van der Waals surface area contributed by atoms with Gasteiger partial charge in [0.05, 0.1) is 15.9 Å². The molecule has 1 aliphatic heterocycles. The number of hydrogen-bond donors (Lipinski definition) is 1. The summed E-state index contributed by atoms with van der Waals surface area (Å²) < 4.78 is 6.76. The zero-order valence-electron chi connectivity index (χ0n) is 13.5. The number of anilines is 1. The summed E-state index contributed by atoms with van der Waals surface area (Å²) in [4.78, 5) is 9.70. The van der Waals surface area contributed by atoms with Gasteiger partial charge in [-0.2, -0.15) is 0 Å². The van der Waals surface area contributed by atoms with Gasteiger partial charge in [-0.05, 0) is 41.9 Å². The second kappa shape index (κ2) is 7.22. The molecule has 1 unspecified atom stereocenters. The number of halogens is 1. The van der Waals surface area contributed by atoms with Crippen molar-refractivity contribution in [1.29, 1.82) is 0 Å². The first-order chi connectivity index (χ1) is 9.93. The molecule has 0 bridgehead atoms. The molecule has 0 aliphatic carbocycles. The van der Waals surface area contributed by atoms with E-state index in [4.69, 9.17) is 14.7 Å². The summed E-state index contributed by atoms with van der Waals surface area (Å²) in [6.07, 6.45) is 3.31. The number of nitrogens with zero attached hydrogens (tertiary/aromatic N) is 2. The summed E-state index contributed by atoms with van der Waals surface area (Å²) in [5.74, 6) is 2.26. The molecule has 1 atom stereocenters. The zero-order valence-corrected chi connectivity index (χ0v) is 15.7. The van der Waals surface area contributed by atoms with E-state index in [-0.39, 0.29) is 5.41 Å². The molecular weight excluding hydrogens is 377 g/mol. The lowest BCUT2D eigenvalue weighted by Crippen LogP contribution is -2.24. The van der Waals surface area contributed by atoms with Crippen LogP contribution in [0.5, 0.6) is 0 Å². The third-order valence-electron chi connectivity index (χ3n) is 3.65. The van der Waals surface area contributed by atoms with Crippen molar-refractivity contribution in [3.8, 4) is 0 Å². The van der Waals surface area contributed by atoms with Gasteiger partial charge in [-0.25, -0.2) is 9.97 Å². The molecule has 5 heteroatoms. The summed E-state index contributed by atoms with van der Waals surface area (Å²) >= 11 is 2.37. The SMILES string of the molecule is CCCNc1nc(C2CCCOC2)nc(C(C)(C)C)c1I. The Morgan fingerprint density at radius 3 is 2.67 bits per heavy atom. The van der Waals surface area contributed by atoms with E-state index in [1.54, 1.807) is 0 Å². The number of hydrogen-bond acceptors (Lipinski definition) is 4. The van der Waals surface area contributed by atoms with E-state index in [1.165, 1.54) is 0 Å². The minimum Gasteiger partial charge on any atom is -0.381 e. The Kier molecular flexibility index (Phi) is 5.82. The van der Waals surface area contributed by atoms with Gasteiger partial charge in [0.2, 0.25) is 0 Å². The summed E-state index contributed by atoms with van der Waals surface area (Å²) in [6.45, 7) is 11.4. The minimum absolute atomic E-state index is 0.0202. The van der Waals surface area contributed by atoms with E-state index in [1.807, 2.05) is 0 Å². The second-order valence-corrected chi connectivity index (χ2v) is 7.76. The van der Waals surface area contributed by atoms with Crippen LogP contribution in [0.25, 0.3) is 0 Å². The summed E-state index contributed by atoms with van der Waals surface area (Å²) in [5.41, 5.74) is 1.16. The van der Waals surface area contributed by atoms with Gasteiger partial charge >= 0.3 is 0 Å². The molecule has 118 valence electrons. The van der Waals surface area contributed by atoms with Crippen molar-refractivity contribution in [2.75, 3.05) is 25.1 Å². The standard InChI is InChI=1S/C16H26IN3O/c1-5-8-18-15-12(17)13(16(2,3)4)19-14(20-15)11-7-6-9-21-10-11/h11H,5-10H2,1-4H3,(H,18,19,20). The lowest BCUT2D eigenvalue weighted by molar-refractivity contribution is 0.0779. The molecule has 1 fully saturated rings. The quantitative estimate of drug-likeness (QED) is 0.770. The van der Waals surface area contributed by atoms with E-state index in [9.17, 15) is 0 Å². The van der Waals surface area contributed by atoms with Crippen LogP contribution in [-0.4, -0.2) is 29.7 Å². The molecule has 1 aromatic heterocycles. The topological polar surface area (TPSA) is 47.0 Å². The molecule has 1 aromatic rings. The van der Waals surface area contributed by atoms with Gasteiger partial charge in [0.25, 0.3) is 0 Å². The molecule has 0 saturated carbocycles. The van der Waals surface area contributed by atoms with Crippen molar-refractivity contribution in [1.82, 2.24) is 9.97 Å². The fourth-order valence-electron chi connectivity index (χ4n) is 2.45. The van der Waals surface area contributed by atoms with Crippen molar-refractivity contribution in [2.24, 2.45) is 0 Å². The Bertz CT molecular complexity index is 479. The van der Waals surface area contributed by atoms with Gasteiger partial charge in [-0.1, -0.05) is 27.7 Å². The highest BCUT2D eigenvalue weighted by atomic mass is 127. The number of aromatic nitrogens is 2. The minimum atomic E-state index is 0.0202. The van der Waals surface area contributed by atoms with Crippen LogP contribution in [0, 0.1) is 3.57 Å². The molecule has 1 saturated heterocycles. The number of ether oxygens (including phenoxy) is 1. The Balaban J connectivity index is 2.39. The predicted octanol–water partition coefficient (Wildman–Crippen LogP) is 4.09. The highest BCUT2D eigenvalue weighted by molar-refractivity contribution is 14.1. The van der Waals surface area contributed by atoms with Crippen LogP contribution in [0.2, 0.25) is 0 Å². The van der Waals surface area contributed by atoms with E-state index in [2.05, 4.69) is 55.6 Å². The molecule has 2 heterocycles. The highest BCUT2D eigenvalue weighted by Crippen LogP contribution is 2.32. The smallest absolute Gasteiger partial charge is 0.143 e. The first-order valence-corrected chi connectivity index (χ1v) is 8.91. The second-order valence-electron chi connectivity index (χ2n) is 6.68. The van der Waals surface area contributed by atoms with Crippen molar-refractivity contribution in [3.63, 3.8) is 0 Å². The van der Waals surface area contributed by atoms with Crippen molar-refractivity contribution in [2.45, 2.75) is 58.3 Å². The van der Waals surface area contributed by atoms with Crippen molar-refractivity contribution < 1.29 is 4.74 Å². The van der Waals surface area contributed by atoms with Gasteiger partial charge in [-0.15, -0.1) is 0 Å². The van der Waals surface area contributed by atoms with E-state index >= 15 is 0 Å². The monoisotopic (exact) mass is 403 g/mol. The maximum Gasteiger partial charge on any atom is 0.143 e. The van der Waals surface area contributed by atoms with Crippen LogP contribution >= 0.6 is 22.6 Å². The Morgan fingerprint density at radius 2 is 2.10 bits per heavy atom. The van der Waals surface area contributed by atoms with E-state index in [0.717, 1.165) is 59.9 Å². The average molecular weight is 403 g/mol. The predicted molar refractivity (Wildman–Crippen MR) is 95.0 cm³/mol. The van der Waals surface area contributed by atoms with Gasteiger partial charge < -0.3 is 10.1 Å². The molecule has 2 rings (SSSR count). The van der Waals surface area contributed by atoms with Crippen molar-refractivity contribution >= 4 is 28.4 Å². The number of nitrogens with one attached hydrogen (secondary N) is 1. The van der Waals surface area contributed by atoms with Gasteiger partial charge in [0.1, 0.15) is 11.6 Å². The first kappa shape index (κ1) is 16.9. The van der Waals surface area contributed by atoms with Crippen LogP contribution in [0.1, 0.15) is 64.4 Å². The Hall–Kier alpha value is -0.430. The van der Waals surface area contributed by atoms with Gasteiger partial charge in [-0.3, -0.25) is 0 Å². The molecule has 0 amide bonds. The number of rotatable bonds is 4. The van der Waals surface area contributed by atoms with E-state index in [0.29, 0.717) is 5.92 Å². The summed E-state index contributed by atoms with van der Waals surface area (Å²) in [7, 11) is 0. The third kappa shape index (κ3) is 4.28. The highest BCUT2D eigenvalue weighted by Gasteiger charge is 2.26. The van der Waals surface area contributed by atoms with Crippen LogP contribution < -0.4 is 5.32 Å². The zero-order chi connectivity index (χ0) is 15.5. The first-order valence-electron chi connectivity index (χ1n) is 7.83. The third-order valence-corrected chi connectivity index (χ3v) is 4.67. The van der Waals surface area contributed by atoms with Crippen molar-refractivity contribution in [3.05, 3.63) is 15.1 Å². The molecule has 1 aliphatic rings. The molecule has 1 N–H and O–H groups in total. The molecule has 4 nitrogen and oxygen atoms in total. The fraction of sp³-hybridized carbons (Fsp3) is 0.750. The lowest BCUT2D eigenvalue weighted by Gasteiger charge is -2.26. The van der Waals surface area contributed by atoms with Gasteiger partial charge in [0.15, 0.2) is 0 Å². The van der Waals surface area contributed by atoms with E-state index < -0.39 is 0 Å². The fourth-order valence-corrected chi connectivity index (χ4v) is 3.69. The van der Waals surface area contributed by atoms with Crippen LogP contribution in [0.15, 0.2) is 0 Å². The average Bonchev–Trinajstić information content (AvgIpc) is 2.46. The van der Waals surface area contributed by atoms with Gasteiger partial charge in [0, 0.05) is 24.5 Å². The summed E-state index contributed by atoms with van der Waals surface area (Å²) in [6, 6.07) is 0. The maximum atomic E-state index is 5.61. The summed E-state index contributed by atoms with van der Waals surface area (Å²) in [5, 5.41) is 3.46. The maximum absolute atomic E-state index is 5.61. The Morgan fingerprint density at radius 1 is 1.33 bits per heavy atom. The lowest BCUT2D eigenvalue weighted by atomic mass is 9.91. The van der Waals surface area contributed by atoms with Crippen LogP contribution in [0.3, 0.4) is 0 Å². The van der Waals surface area contributed by atoms with Crippen LogP contribution in [-0.2, 0) is 10.2 Å². The molecule has 0 aromatic carbocycles. The molecule has 0 radical (unpaired) electrons. The normalized spacial score (nSPS) is 19.6. The Labute approximate surface area is 141 Å². The van der Waals surface area contributed by atoms with Crippen LogP contribution in [0.4, 0.5) is 5.82 Å². The molecular formula is C16H26IN3O. The molecule has 21 heavy (non-hydrogen) atoms.